The molecule has 2 heteroatoms. The van der Waals surface area contributed by atoms with Crippen LogP contribution in [0.2, 0.25) is 0 Å². The summed E-state index contributed by atoms with van der Waals surface area (Å²) in [4.78, 5) is 0. The lowest BCUT2D eigenvalue weighted by molar-refractivity contribution is -0.0569. The maximum atomic E-state index is 6.48. The maximum absolute atomic E-state index is 6.48. The highest BCUT2D eigenvalue weighted by Gasteiger charge is 2.25. The Balaban J connectivity index is 2.02. The Morgan fingerprint density at radius 3 is 2.50 bits per heavy atom. The second-order valence-corrected chi connectivity index (χ2v) is 6.40. The average molecular weight is 275 g/mol. The van der Waals surface area contributed by atoms with Gasteiger partial charge in [0.05, 0.1) is 12.2 Å². The highest BCUT2D eigenvalue weighted by molar-refractivity contribution is 5.18. The summed E-state index contributed by atoms with van der Waals surface area (Å²) in [6.45, 7) is 7.60. The zero-order valence-electron chi connectivity index (χ0n) is 13.1. The molecule has 0 radical (unpaired) electrons. The van der Waals surface area contributed by atoms with Gasteiger partial charge in [-0.05, 0) is 24.3 Å². The van der Waals surface area contributed by atoms with E-state index in [4.69, 9.17) is 4.74 Å². The summed E-state index contributed by atoms with van der Waals surface area (Å²) < 4.78 is 6.48. The van der Waals surface area contributed by atoms with Crippen LogP contribution in [0.4, 0.5) is 0 Å². The molecule has 0 spiro atoms. The van der Waals surface area contributed by atoms with Crippen LogP contribution >= 0.6 is 0 Å². The molecule has 1 aromatic carbocycles. The summed E-state index contributed by atoms with van der Waals surface area (Å²) in [5, 5.41) is 3.52. The van der Waals surface area contributed by atoms with E-state index in [1.165, 1.54) is 31.2 Å². The second-order valence-electron chi connectivity index (χ2n) is 6.40. The number of benzene rings is 1. The van der Waals surface area contributed by atoms with Crippen molar-refractivity contribution in [3.8, 4) is 0 Å². The molecule has 2 nitrogen and oxygen atoms in total. The molecule has 1 fully saturated rings. The first-order valence-corrected chi connectivity index (χ1v) is 8.10. The standard InChI is InChI=1S/C18H29NO/c1-14(2)19-13-18(16-10-5-4-6-11-16)20-17-12-8-7-9-15(17)3/h4-6,10-11,14-15,17-19H,7-9,12-13H2,1-3H3. The molecule has 3 unspecified atom stereocenters. The first-order chi connectivity index (χ1) is 9.66. The monoisotopic (exact) mass is 275 g/mol. The van der Waals surface area contributed by atoms with Crippen molar-refractivity contribution >= 4 is 0 Å². The Morgan fingerprint density at radius 1 is 1.15 bits per heavy atom. The van der Waals surface area contributed by atoms with Gasteiger partial charge in [0.15, 0.2) is 0 Å². The fourth-order valence-corrected chi connectivity index (χ4v) is 2.95. The van der Waals surface area contributed by atoms with Gasteiger partial charge in [0.1, 0.15) is 0 Å². The highest BCUT2D eigenvalue weighted by atomic mass is 16.5. The summed E-state index contributed by atoms with van der Waals surface area (Å²) in [5.41, 5.74) is 1.29. The molecule has 3 atom stereocenters. The van der Waals surface area contributed by atoms with Crippen molar-refractivity contribution in [3.05, 3.63) is 35.9 Å². The first-order valence-electron chi connectivity index (χ1n) is 8.10. The van der Waals surface area contributed by atoms with Gasteiger partial charge in [-0.25, -0.2) is 0 Å². The molecule has 0 heterocycles. The Hall–Kier alpha value is -0.860. The van der Waals surface area contributed by atoms with E-state index in [1.807, 2.05) is 0 Å². The van der Waals surface area contributed by atoms with E-state index in [0.29, 0.717) is 18.1 Å². The van der Waals surface area contributed by atoms with Gasteiger partial charge in [0.2, 0.25) is 0 Å². The molecule has 1 aliphatic rings. The second kappa shape index (κ2) is 7.80. The molecule has 1 aliphatic carbocycles. The minimum absolute atomic E-state index is 0.171. The SMILES string of the molecule is CC(C)NCC(OC1CCCCC1C)c1ccccc1. The molecule has 0 aliphatic heterocycles. The smallest absolute Gasteiger partial charge is 0.0953 e. The van der Waals surface area contributed by atoms with Crippen LogP contribution in [0.5, 0.6) is 0 Å². The number of ether oxygens (including phenoxy) is 1. The Morgan fingerprint density at radius 2 is 1.85 bits per heavy atom. The van der Waals surface area contributed by atoms with E-state index in [2.05, 4.69) is 56.4 Å². The van der Waals surface area contributed by atoms with E-state index < -0.39 is 0 Å². The van der Waals surface area contributed by atoms with Gasteiger partial charge in [-0.2, -0.15) is 0 Å². The Kier molecular flexibility index (Phi) is 6.06. The molecule has 20 heavy (non-hydrogen) atoms. The predicted octanol–water partition coefficient (Wildman–Crippen LogP) is 4.32. The van der Waals surface area contributed by atoms with Gasteiger partial charge in [-0.1, -0.05) is 63.9 Å². The third kappa shape index (κ3) is 4.60. The number of hydrogen-bond donors (Lipinski definition) is 1. The van der Waals surface area contributed by atoms with Crippen LogP contribution in [0.15, 0.2) is 30.3 Å². The van der Waals surface area contributed by atoms with Gasteiger partial charge in [0, 0.05) is 12.6 Å². The lowest BCUT2D eigenvalue weighted by Crippen LogP contribution is -2.34. The minimum Gasteiger partial charge on any atom is -0.369 e. The van der Waals surface area contributed by atoms with Crippen LogP contribution in [0.25, 0.3) is 0 Å². The van der Waals surface area contributed by atoms with Crippen molar-refractivity contribution in [3.63, 3.8) is 0 Å². The quantitative estimate of drug-likeness (QED) is 0.834. The van der Waals surface area contributed by atoms with Crippen molar-refractivity contribution < 1.29 is 4.74 Å². The van der Waals surface area contributed by atoms with E-state index >= 15 is 0 Å². The normalized spacial score (nSPS) is 24.8. The summed E-state index contributed by atoms with van der Waals surface area (Å²) in [6.07, 6.45) is 5.79. The zero-order valence-corrected chi connectivity index (χ0v) is 13.1. The molecule has 112 valence electrons. The Bertz CT molecular complexity index is 376. The molecule has 1 aromatic rings. The molecule has 0 amide bonds. The maximum Gasteiger partial charge on any atom is 0.0953 e. The first kappa shape index (κ1) is 15.5. The minimum atomic E-state index is 0.171. The molecule has 0 saturated heterocycles. The van der Waals surface area contributed by atoms with Gasteiger partial charge < -0.3 is 10.1 Å². The fourth-order valence-electron chi connectivity index (χ4n) is 2.95. The zero-order chi connectivity index (χ0) is 14.4. The van der Waals surface area contributed by atoms with Crippen LogP contribution < -0.4 is 5.32 Å². The number of hydrogen-bond acceptors (Lipinski definition) is 2. The summed E-state index contributed by atoms with van der Waals surface area (Å²) in [7, 11) is 0. The largest absolute Gasteiger partial charge is 0.369 e. The Labute approximate surface area is 123 Å². The number of rotatable bonds is 6. The van der Waals surface area contributed by atoms with Crippen molar-refractivity contribution in [1.82, 2.24) is 5.32 Å². The van der Waals surface area contributed by atoms with Crippen LogP contribution in [-0.4, -0.2) is 18.7 Å². The van der Waals surface area contributed by atoms with E-state index in [1.54, 1.807) is 0 Å². The number of nitrogens with one attached hydrogen (secondary N) is 1. The van der Waals surface area contributed by atoms with E-state index in [0.717, 1.165) is 6.54 Å². The summed E-state index contributed by atoms with van der Waals surface area (Å²) in [6, 6.07) is 11.1. The average Bonchev–Trinajstić information content (AvgIpc) is 2.46. The van der Waals surface area contributed by atoms with Crippen molar-refractivity contribution in [2.75, 3.05) is 6.54 Å². The molecule has 1 N–H and O–H groups in total. The predicted molar refractivity (Wildman–Crippen MR) is 84.8 cm³/mol. The van der Waals surface area contributed by atoms with Crippen LogP contribution in [0.3, 0.4) is 0 Å². The molecular formula is C18H29NO. The topological polar surface area (TPSA) is 21.3 Å². The molecule has 0 aromatic heterocycles. The summed E-state index contributed by atoms with van der Waals surface area (Å²) in [5.74, 6) is 0.689. The fraction of sp³-hybridized carbons (Fsp3) is 0.667. The van der Waals surface area contributed by atoms with Crippen molar-refractivity contribution in [2.45, 2.75) is 64.7 Å². The van der Waals surface area contributed by atoms with Crippen molar-refractivity contribution in [1.29, 1.82) is 0 Å². The third-order valence-corrected chi connectivity index (χ3v) is 4.25. The lowest BCUT2D eigenvalue weighted by Gasteiger charge is -2.33. The molecule has 1 saturated carbocycles. The van der Waals surface area contributed by atoms with Crippen LogP contribution in [-0.2, 0) is 4.74 Å². The van der Waals surface area contributed by atoms with E-state index in [9.17, 15) is 0 Å². The molecular weight excluding hydrogens is 246 g/mol. The third-order valence-electron chi connectivity index (χ3n) is 4.25. The van der Waals surface area contributed by atoms with Crippen molar-refractivity contribution in [2.24, 2.45) is 5.92 Å². The molecule has 2 rings (SSSR count). The van der Waals surface area contributed by atoms with E-state index in [-0.39, 0.29) is 6.10 Å². The van der Waals surface area contributed by atoms with Gasteiger partial charge >= 0.3 is 0 Å². The van der Waals surface area contributed by atoms with Gasteiger partial charge in [-0.15, -0.1) is 0 Å². The highest BCUT2D eigenvalue weighted by Crippen LogP contribution is 2.30. The van der Waals surface area contributed by atoms with Gasteiger partial charge in [0.25, 0.3) is 0 Å². The van der Waals surface area contributed by atoms with Crippen LogP contribution in [0.1, 0.15) is 58.1 Å². The lowest BCUT2D eigenvalue weighted by atomic mass is 9.87. The molecule has 0 bridgehead atoms. The van der Waals surface area contributed by atoms with Crippen LogP contribution in [0, 0.1) is 5.92 Å². The summed E-state index contributed by atoms with van der Waals surface area (Å²) >= 11 is 0. The van der Waals surface area contributed by atoms with Gasteiger partial charge in [-0.3, -0.25) is 0 Å².